The predicted molar refractivity (Wildman–Crippen MR) is 144 cm³/mol. The van der Waals surface area contributed by atoms with Crippen LogP contribution in [-0.4, -0.2) is 46.6 Å². The summed E-state index contributed by atoms with van der Waals surface area (Å²) in [5.74, 6) is -2.93. The van der Waals surface area contributed by atoms with Gasteiger partial charge in [0.1, 0.15) is 17.7 Å². The van der Waals surface area contributed by atoms with E-state index in [0.717, 1.165) is 11.1 Å². The highest BCUT2D eigenvalue weighted by atomic mass is 16.5. The third-order valence-electron chi connectivity index (χ3n) is 7.09. The van der Waals surface area contributed by atoms with Crippen LogP contribution in [0.2, 0.25) is 0 Å². The van der Waals surface area contributed by atoms with Gasteiger partial charge in [-0.3, -0.25) is 29.3 Å². The highest BCUT2D eigenvalue weighted by Crippen LogP contribution is 2.29. The van der Waals surface area contributed by atoms with Crippen molar-refractivity contribution in [2.75, 3.05) is 0 Å². The van der Waals surface area contributed by atoms with Crippen molar-refractivity contribution < 1.29 is 28.7 Å². The molecular weight excluding hydrogens is 512 g/mol. The van der Waals surface area contributed by atoms with Crippen molar-refractivity contribution in [2.24, 2.45) is 5.73 Å². The lowest BCUT2D eigenvalue weighted by Gasteiger charge is -2.29. The van der Waals surface area contributed by atoms with Gasteiger partial charge in [-0.25, -0.2) is 0 Å². The number of imide groups is 1. The Morgan fingerprint density at radius 3 is 2.38 bits per heavy atom. The summed E-state index contributed by atoms with van der Waals surface area (Å²) in [5.41, 5.74) is 8.21. The number of ether oxygens (including phenoxy) is 1. The summed E-state index contributed by atoms with van der Waals surface area (Å²) in [4.78, 5) is 64.3. The van der Waals surface area contributed by atoms with Crippen LogP contribution < -0.4 is 21.1 Å². The predicted octanol–water partition coefficient (Wildman–Crippen LogP) is 1.78. The van der Waals surface area contributed by atoms with Crippen molar-refractivity contribution in [1.29, 1.82) is 0 Å². The topological polar surface area (TPSA) is 148 Å². The molecule has 4 N–H and O–H groups in total. The molecule has 1 saturated heterocycles. The van der Waals surface area contributed by atoms with Crippen LogP contribution in [0.15, 0.2) is 78.9 Å². The van der Waals surface area contributed by atoms with Crippen LogP contribution in [0.1, 0.15) is 45.8 Å². The first-order chi connectivity index (χ1) is 19.3. The second kappa shape index (κ2) is 11.4. The molecule has 2 aliphatic rings. The first-order valence-corrected chi connectivity index (χ1v) is 12.9. The van der Waals surface area contributed by atoms with Crippen LogP contribution in [0.4, 0.5) is 0 Å². The van der Waals surface area contributed by atoms with Gasteiger partial charge in [0.25, 0.3) is 11.8 Å². The summed E-state index contributed by atoms with van der Waals surface area (Å²) >= 11 is 0. The number of carbonyl (C=O) groups is 5. The summed E-state index contributed by atoms with van der Waals surface area (Å²) in [7, 11) is 0. The number of carbonyl (C=O) groups excluding carboxylic acids is 5. The maximum absolute atomic E-state index is 13.5. The van der Waals surface area contributed by atoms with Gasteiger partial charge in [-0.15, -0.1) is 0 Å². The molecule has 2 heterocycles. The molecular formula is C30H28N4O6. The molecule has 0 aliphatic carbocycles. The molecule has 2 unspecified atom stereocenters. The standard InChI is InChI=1S/C30H28N4O6/c31-27(36)26(40-21-9-5-2-6-10-21)25(19-7-3-1-4-8-19)29(38)32-16-18-11-12-22-20(15-18)17-34(30(22)39)23-13-14-24(35)33-28(23)37/h1-12,15,23,25-26H,13-14,16-17H2,(H2,31,36)(H,32,38)(H,33,35,37)/t23?,25-,26?/m0/s1. The lowest BCUT2D eigenvalue weighted by atomic mass is 9.91. The van der Waals surface area contributed by atoms with Gasteiger partial charge in [0.15, 0.2) is 6.10 Å². The number of nitrogens with zero attached hydrogens (tertiary/aromatic N) is 1. The number of nitrogens with one attached hydrogen (secondary N) is 2. The fourth-order valence-corrected chi connectivity index (χ4v) is 5.10. The normalized spacial score (nSPS) is 17.9. The van der Waals surface area contributed by atoms with Crippen LogP contribution >= 0.6 is 0 Å². The number of nitrogens with two attached hydrogens (primary N) is 1. The fraction of sp³-hybridized carbons (Fsp3) is 0.233. The van der Waals surface area contributed by atoms with Gasteiger partial charge in [0, 0.05) is 25.1 Å². The Labute approximate surface area is 230 Å². The number of primary amides is 1. The maximum Gasteiger partial charge on any atom is 0.259 e. The zero-order chi connectivity index (χ0) is 28.2. The van der Waals surface area contributed by atoms with Crippen LogP contribution in [0.5, 0.6) is 5.75 Å². The second-order valence-corrected chi connectivity index (χ2v) is 9.75. The number of benzene rings is 3. The molecule has 5 rings (SSSR count). The van der Waals surface area contributed by atoms with E-state index in [1.165, 1.54) is 4.90 Å². The molecule has 0 aromatic heterocycles. The number of para-hydroxylation sites is 1. The lowest BCUT2D eigenvalue weighted by molar-refractivity contribution is -0.137. The van der Waals surface area contributed by atoms with E-state index in [9.17, 15) is 24.0 Å². The summed E-state index contributed by atoms with van der Waals surface area (Å²) in [5, 5.41) is 5.17. The molecule has 204 valence electrons. The quantitative estimate of drug-likeness (QED) is 0.353. The van der Waals surface area contributed by atoms with Gasteiger partial charge in [-0.05, 0) is 41.3 Å². The average Bonchev–Trinajstić information content (AvgIpc) is 3.27. The van der Waals surface area contributed by atoms with E-state index in [-0.39, 0.29) is 37.7 Å². The van der Waals surface area contributed by atoms with Crippen molar-refractivity contribution in [3.63, 3.8) is 0 Å². The van der Waals surface area contributed by atoms with Gasteiger partial charge in [0.05, 0.1) is 0 Å². The van der Waals surface area contributed by atoms with Gasteiger partial charge in [-0.1, -0.05) is 60.7 Å². The third kappa shape index (κ3) is 5.56. The van der Waals surface area contributed by atoms with Crippen LogP contribution in [-0.2, 0) is 32.3 Å². The molecule has 0 radical (unpaired) electrons. The molecule has 3 aromatic carbocycles. The Morgan fingerprint density at radius 1 is 1.00 bits per heavy atom. The van der Waals surface area contributed by atoms with E-state index in [0.29, 0.717) is 16.9 Å². The Hall–Kier alpha value is -4.99. The van der Waals surface area contributed by atoms with E-state index in [2.05, 4.69) is 10.6 Å². The average molecular weight is 541 g/mol. The van der Waals surface area contributed by atoms with E-state index in [1.54, 1.807) is 66.7 Å². The molecule has 0 saturated carbocycles. The largest absolute Gasteiger partial charge is 0.479 e. The van der Waals surface area contributed by atoms with E-state index >= 15 is 0 Å². The van der Waals surface area contributed by atoms with Crippen molar-refractivity contribution in [3.05, 3.63) is 101 Å². The van der Waals surface area contributed by atoms with Gasteiger partial charge in [0.2, 0.25) is 17.7 Å². The first kappa shape index (κ1) is 26.6. The number of piperidine rings is 1. The molecule has 1 fully saturated rings. The summed E-state index contributed by atoms with van der Waals surface area (Å²) in [6.45, 7) is 0.350. The van der Waals surface area contributed by atoms with Gasteiger partial charge < -0.3 is 20.7 Å². The second-order valence-electron chi connectivity index (χ2n) is 9.75. The molecule has 0 bridgehead atoms. The lowest BCUT2D eigenvalue weighted by Crippen LogP contribution is -2.52. The van der Waals surface area contributed by atoms with E-state index in [1.807, 2.05) is 12.1 Å². The molecule has 40 heavy (non-hydrogen) atoms. The number of hydrogen-bond donors (Lipinski definition) is 3. The summed E-state index contributed by atoms with van der Waals surface area (Å²) < 4.78 is 5.89. The summed E-state index contributed by atoms with van der Waals surface area (Å²) in [6.07, 6.45) is -0.804. The highest BCUT2D eigenvalue weighted by Gasteiger charge is 2.39. The zero-order valence-corrected chi connectivity index (χ0v) is 21.5. The number of fused-ring (bicyclic) bond motifs is 1. The molecule has 10 nitrogen and oxygen atoms in total. The molecule has 10 heteroatoms. The Bertz CT molecular complexity index is 1460. The number of rotatable bonds is 9. The van der Waals surface area contributed by atoms with Crippen LogP contribution in [0.25, 0.3) is 0 Å². The van der Waals surface area contributed by atoms with Crippen molar-refractivity contribution in [1.82, 2.24) is 15.5 Å². The smallest absolute Gasteiger partial charge is 0.259 e. The SMILES string of the molecule is NC(=O)C(Oc1ccccc1)[C@@H](C(=O)NCc1ccc2c(c1)CN(C1CCC(=O)NC1=O)C2=O)c1ccccc1. The summed E-state index contributed by atoms with van der Waals surface area (Å²) in [6, 6.07) is 22.0. The zero-order valence-electron chi connectivity index (χ0n) is 21.5. The Balaban J connectivity index is 1.32. The van der Waals surface area contributed by atoms with Gasteiger partial charge in [-0.2, -0.15) is 0 Å². The highest BCUT2D eigenvalue weighted by molar-refractivity contribution is 6.05. The van der Waals surface area contributed by atoms with E-state index in [4.69, 9.17) is 10.5 Å². The number of hydrogen-bond acceptors (Lipinski definition) is 6. The fourth-order valence-electron chi connectivity index (χ4n) is 5.10. The number of amides is 5. The van der Waals surface area contributed by atoms with Crippen LogP contribution in [0, 0.1) is 0 Å². The molecule has 5 amide bonds. The Kier molecular flexibility index (Phi) is 7.59. The first-order valence-electron chi connectivity index (χ1n) is 12.9. The van der Waals surface area contributed by atoms with Crippen molar-refractivity contribution in [2.45, 2.75) is 44.0 Å². The minimum atomic E-state index is -1.26. The van der Waals surface area contributed by atoms with E-state index < -0.39 is 35.8 Å². The maximum atomic E-state index is 13.5. The van der Waals surface area contributed by atoms with Crippen LogP contribution in [0.3, 0.4) is 0 Å². The Morgan fingerprint density at radius 2 is 1.70 bits per heavy atom. The minimum Gasteiger partial charge on any atom is -0.479 e. The molecule has 0 spiro atoms. The van der Waals surface area contributed by atoms with Crippen molar-refractivity contribution in [3.8, 4) is 5.75 Å². The monoisotopic (exact) mass is 540 g/mol. The van der Waals surface area contributed by atoms with Crippen molar-refractivity contribution >= 4 is 29.5 Å². The third-order valence-corrected chi connectivity index (χ3v) is 7.09. The van der Waals surface area contributed by atoms with Gasteiger partial charge >= 0.3 is 0 Å². The molecule has 3 atom stereocenters. The molecule has 3 aromatic rings. The molecule has 2 aliphatic heterocycles. The minimum absolute atomic E-state index is 0.124.